The van der Waals surface area contributed by atoms with Crippen molar-refractivity contribution in [1.29, 1.82) is 0 Å². The van der Waals surface area contributed by atoms with Crippen LogP contribution in [0.25, 0.3) is 11.0 Å². The Kier molecular flexibility index (Phi) is 2.36. The summed E-state index contributed by atoms with van der Waals surface area (Å²) in [6.45, 7) is 0.612. The van der Waals surface area contributed by atoms with E-state index in [-0.39, 0.29) is 11.3 Å². The molecule has 0 saturated carbocycles. The van der Waals surface area contributed by atoms with Crippen LogP contribution in [0.5, 0.6) is 0 Å². The number of rotatable bonds is 1. The molecule has 3 N–H and O–H groups in total. The lowest BCUT2D eigenvalue weighted by atomic mass is 10.0. The average Bonchev–Trinajstić information content (AvgIpc) is 2.56. The summed E-state index contributed by atoms with van der Waals surface area (Å²) < 4.78 is 43.0. The molecule has 92 valence electrons. The van der Waals surface area contributed by atoms with E-state index >= 15 is 0 Å². The van der Waals surface area contributed by atoms with Crippen LogP contribution in [0.2, 0.25) is 0 Å². The second-order valence-electron chi connectivity index (χ2n) is 3.91. The molecule has 1 aromatic heterocycles. The SMILES string of the molecule is CC(O)(c1oc2ccccc2c1N)C(F)(F)F. The maximum atomic E-state index is 12.7. The zero-order valence-corrected chi connectivity index (χ0v) is 8.88. The Balaban J connectivity index is 2.68. The molecule has 0 aliphatic rings. The van der Waals surface area contributed by atoms with Gasteiger partial charge in [0.15, 0.2) is 5.76 Å². The van der Waals surface area contributed by atoms with Gasteiger partial charge in [-0.05, 0) is 19.1 Å². The summed E-state index contributed by atoms with van der Waals surface area (Å²) in [6.07, 6.45) is -4.85. The van der Waals surface area contributed by atoms with Gasteiger partial charge in [0.25, 0.3) is 0 Å². The molecule has 2 rings (SSSR count). The lowest BCUT2D eigenvalue weighted by molar-refractivity contribution is -0.264. The van der Waals surface area contributed by atoms with E-state index in [9.17, 15) is 18.3 Å². The predicted molar refractivity (Wildman–Crippen MR) is 56.3 cm³/mol. The number of furan rings is 1. The van der Waals surface area contributed by atoms with Gasteiger partial charge in [0.1, 0.15) is 5.58 Å². The number of benzene rings is 1. The number of hydrogen-bond donors (Lipinski definition) is 2. The van der Waals surface area contributed by atoms with Crippen LogP contribution >= 0.6 is 0 Å². The Bertz CT molecular complexity index is 557. The second-order valence-corrected chi connectivity index (χ2v) is 3.91. The smallest absolute Gasteiger partial charge is 0.424 e. The molecule has 0 saturated heterocycles. The van der Waals surface area contributed by atoms with E-state index in [1.807, 2.05) is 0 Å². The van der Waals surface area contributed by atoms with Gasteiger partial charge in [-0.2, -0.15) is 13.2 Å². The van der Waals surface area contributed by atoms with Crippen LogP contribution in [0.1, 0.15) is 12.7 Å². The van der Waals surface area contributed by atoms with Gasteiger partial charge in [-0.25, -0.2) is 0 Å². The van der Waals surface area contributed by atoms with Crippen molar-refractivity contribution < 1.29 is 22.7 Å². The molecule has 1 unspecified atom stereocenters. The highest BCUT2D eigenvalue weighted by atomic mass is 19.4. The maximum absolute atomic E-state index is 12.7. The molecule has 2 aromatic rings. The van der Waals surface area contributed by atoms with Gasteiger partial charge in [0, 0.05) is 5.39 Å². The molecule has 1 aromatic carbocycles. The number of para-hydroxylation sites is 1. The Morgan fingerprint density at radius 2 is 1.82 bits per heavy atom. The lowest BCUT2D eigenvalue weighted by Gasteiger charge is -2.24. The van der Waals surface area contributed by atoms with Crippen molar-refractivity contribution in [2.24, 2.45) is 0 Å². The fourth-order valence-electron chi connectivity index (χ4n) is 1.56. The largest absolute Gasteiger partial charge is 0.455 e. The third-order valence-corrected chi connectivity index (χ3v) is 2.63. The molecule has 1 heterocycles. The maximum Gasteiger partial charge on any atom is 0.424 e. The van der Waals surface area contributed by atoms with E-state index in [4.69, 9.17) is 10.2 Å². The van der Waals surface area contributed by atoms with E-state index in [1.54, 1.807) is 12.1 Å². The minimum Gasteiger partial charge on any atom is -0.455 e. The molecule has 0 aliphatic heterocycles. The summed E-state index contributed by atoms with van der Waals surface area (Å²) in [5.41, 5.74) is 2.49. The molecule has 0 fully saturated rings. The minimum atomic E-state index is -4.85. The normalized spacial score (nSPS) is 16.1. The molecule has 1 atom stereocenters. The number of hydrogen-bond acceptors (Lipinski definition) is 3. The third kappa shape index (κ3) is 1.64. The molecule has 3 nitrogen and oxygen atoms in total. The van der Waals surface area contributed by atoms with Gasteiger partial charge in [0.2, 0.25) is 5.60 Å². The standard InChI is InChI=1S/C11H10F3NO2/c1-10(16,11(12,13)14)9-8(15)6-4-2-3-5-7(6)17-9/h2-5,16H,15H2,1H3. The lowest BCUT2D eigenvalue weighted by Crippen LogP contribution is -2.39. The first kappa shape index (κ1) is 11.8. The van der Waals surface area contributed by atoms with E-state index in [1.165, 1.54) is 12.1 Å². The molecule has 0 amide bonds. The molecular weight excluding hydrogens is 235 g/mol. The van der Waals surface area contributed by atoms with Gasteiger partial charge in [-0.15, -0.1) is 0 Å². The highest BCUT2D eigenvalue weighted by molar-refractivity contribution is 5.91. The van der Waals surface area contributed by atoms with Crippen molar-refractivity contribution in [3.63, 3.8) is 0 Å². The Morgan fingerprint density at radius 3 is 2.35 bits per heavy atom. The Morgan fingerprint density at radius 1 is 1.24 bits per heavy atom. The third-order valence-electron chi connectivity index (χ3n) is 2.63. The summed E-state index contributed by atoms with van der Waals surface area (Å²) in [4.78, 5) is 0. The molecule has 17 heavy (non-hydrogen) atoms. The van der Waals surface area contributed by atoms with E-state index in [2.05, 4.69) is 0 Å². The van der Waals surface area contributed by atoms with E-state index < -0.39 is 17.5 Å². The van der Waals surface area contributed by atoms with Gasteiger partial charge in [0.05, 0.1) is 5.69 Å². The summed E-state index contributed by atoms with van der Waals surface area (Å²) in [5.74, 6) is -0.675. The molecule has 0 spiro atoms. The number of fused-ring (bicyclic) bond motifs is 1. The van der Waals surface area contributed by atoms with Crippen molar-refractivity contribution in [1.82, 2.24) is 0 Å². The summed E-state index contributed by atoms with van der Waals surface area (Å²) in [5, 5.41) is 9.86. The minimum absolute atomic E-state index is 0.192. The summed E-state index contributed by atoms with van der Waals surface area (Å²) >= 11 is 0. The average molecular weight is 245 g/mol. The fourth-order valence-corrected chi connectivity index (χ4v) is 1.56. The number of nitrogens with two attached hydrogens (primary N) is 1. The summed E-state index contributed by atoms with van der Waals surface area (Å²) in [6, 6.07) is 6.25. The van der Waals surface area contributed by atoms with E-state index in [0.717, 1.165) is 0 Å². The highest BCUT2D eigenvalue weighted by Crippen LogP contribution is 2.44. The zero-order chi connectivity index (χ0) is 12.8. The fraction of sp³-hybridized carbons (Fsp3) is 0.273. The van der Waals surface area contributed by atoms with Gasteiger partial charge >= 0.3 is 6.18 Å². The molecule has 6 heteroatoms. The van der Waals surface area contributed by atoms with Crippen molar-refractivity contribution in [3.8, 4) is 0 Å². The van der Waals surface area contributed by atoms with Crippen molar-refractivity contribution >= 4 is 16.7 Å². The highest BCUT2D eigenvalue weighted by Gasteiger charge is 2.54. The van der Waals surface area contributed by atoms with Crippen LogP contribution in [-0.4, -0.2) is 11.3 Å². The van der Waals surface area contributed by atoms with Crippen LogP contribution in [-0.2, 0) is 5.60 Å². The first-order chi connectivity index (χ1) is 7.75. The van der Waals surface area contributed by atoms with Gasteiger partial charge < -0.3 is 15.3 Å². The van der Waals surface area contributed by atoms with Gasteiger partial charge in [-0.1, -0.05) is 12.1 Å². The van der Waals surface area contributed by atoms with Crippen molar-refractivity contribution in [2.45, 2.75) is 18.7 Å². The molecular formula is C11H10F3NO2. The number of aliphatic hydroxyl groups is 1. The second kappa shape index (κ2) is 3.40. The summed E-state index contributed by atoms with van der Waals surface area (Å²) in [7, 11) is 0. The van der Waals surface area contributed by atoms with Crippen LogP contribution in [0.15, 0.2) is 28.7 Å². The monoisotopic (exact) mass is 245 g/mol. The van der Waals surface area contributed by atoms with Crippen LogP contribution in [0.4, 0.5) is 18.9 Å². The van der Waals surface area contributed by atoms with Crippen LogP contribution < -0.4 is 5.73 Å². The Hall–Kier alpha value is -1.69. The van der Waals surface area contributed by atoms with E-state index in [0.29, 0.717) is 12.3 Å². The first-order valence-electron chi connectivity index (χ1n) is 4.81. The van der Waals surface area contributed by atoms with Crippen molar-refractivity contribution in [2.75, 3.05) is 5.73 Å². The molecule has 0 aliphatic carbocycles. The number of nitrogen functional groups attached to an aromatic ring is 1. The van der Waals surface area contributed by atoms with Crippen molar-refractivity contribution in [3.05, 3.63) is 30.0 Å². The first-order valence-corrected chi connectivity index (χ1v) is 4.81. The molecule has 0 bridgehead atoms. The van der Waals surface area contributed by atoms with Crippen LogP contribution in [0.3, 0.4) is 0 Å². The number of halogens is 3. The van der Waals surface area contributed by atoms with Gasteiger partial charge in [-0.3, -0.25) is 0 Å². The number of alkyl halides is 3. The van der Waals surface area contributed by atoms with Crippen LogP contribution in [0, 0.1) is 0 Å². The molecule has 0 radical (unpaired) electrons. The zero-order valence-electron chi connectivity index (χ0n) is 8.88. The topological polar surface area (TPSA) is 59.4 Å². The predicted octanol–water partition coefficient (Wildman–Crippen LogP) is 2.78. The Labute approximate surface area is 94.6 Å². The number of anilines is 1. The quantitative estimate of drug-likeness (QED) is 0.812.